The fraction of sp³-hybridized carbons (Fsp3) is 0.778. The lowest BCUT2D eigenvalue weighted by atomic mass is 10.2. The Bertz CT molecular complexity index is 385. The summed E-state index contributed by atoms with van der Waals surface area (Å²) in [7, 11) is -2.94. The van der Waals surface area contributed by atoms with Crippen LogP contribution < -0.4 is 10.6 Å². The van der Waals surface area contributed by atoms with Gasteiger partial charge in [-0.2, -0.15) is 5.26 Å². The SMILES string of the molecule is N#CCNC(=O)CNC1CCCS(=O)(=O)C1. The quantitative estimate of drug-likeness (QED) is 0.606. The molecule has 0 aliphatic carbocycles. The number of nitriles is 1. The van der Waals surface area contributed by atoms with Crippen molar-refractivity contribution in [2.45, 2.75) is 18.9 Å². The summed E-state index contributed by atoms with van der Waals surface area (Å²) in [5.41, 5.74) is 0. The number of amides is 1. The van der Waals surface area contributed by atoms with E-state index in [1.54, 1.807) is 6.07 Å². The van der Waals surface area contributed by atoms with Crippen molar-refractivity contribution in [3.8, 4) is 6.07 Å². The molecule has 90 valence electrons. The summed E-state index contributed by atoms with van der Waals surface area (Å²) in [6.45, 7) is 0.0331. The fourth-order valence-electron chi connectivity index (χ4n) is 1.62. The van der Waals surface area contributed by atoms with Crippen LogP contribution in [-0.4, -0.2) is 45.0 Å². The molecular weight excluding hydrogens is 230 g/mol. The minimum atomic E-state index is -2.94. The number of nitrogens with one attached hydrogen (secondary N) is 2. The molecule has 1 saturated heterocycles. The van der Waals surface area contributed by atoms with Gasteiger partial charge in [-0.25, -0.2) is 8.42 Å². The molecule has 6 nitrogen and oxygen atoms in total. The van der Waals surface area contributed by atoms with E-state index in [1.807, 2.05) is 0 Å². The number of rotatable bonds is 4. The maximum atomic E-state index is 11.3. The second kappa shape index (κ2) is 5.82. The van der Waals surface area contributed by atoms with Crippen molar-refractivity contribution in [1.29, 1.82) is 5.26 Å². The van der Waals surface area contributed by atoms with Gasteiger partial charge < -0.3 is 10.6 Å². The molecule has 0 saturated carbocycles. The normalized spacial score (nSPS) is 23.3. The van der Waals surface area contributed by atoms with Crippen molar-refractivity contribution in [1.82, 2.24) is 10.6 Å². The zero-order valence-corrected chi connectivity index (χ0v) is 9.72. The maximum Gasteiger partial charge on any atom is 0.234 e. The predicted molar refractivity (Wildman–Crippen MR) is 58.3 cm³/mol. The summed E-state index contributed by atoms with van der Waals surface area (Å²) in [5.74, 6) is 0.0502. The lowest BCUT2D eigenvalue weighted by molar-refractivity contribution is -0.120. The van der Waals surface area contributed by atoms with Gasteiger partial charge >= 0.3 is 0 Å². The summed E-state index contributed by atoms with van der Waals surface area (Å²) in [4.78, 5) is 11.1. The topological polar surface area (TPSA) is 99.1 Å². The van der Waals surface area contributed by atoms with Crippen molar-refractivity contribution in [3.05, 3.63) is 0 Å². The highest BCUT2D eigenvalue weighted by Gasteiger charge is 2.24. The molecule has 7 heteroatoms. The average molecular weight is 245 g/mol. The molecule has 1 heterocycles. The van der Waals surface area contributed by atoms with Gasteiger partial charge in [-0.3, -0.25) is 4.79 Å². The van der Waals surface area contributed by atoms with Crippen LogP contribution in [0, 0.1) is 11.3 Å². The first-order valence-corrected chi connectivity index (χ1v) is 6.93. The summed E-state index contributed by atoms with van der Waals surface area (Å²) < 4.78 is 22.6. The molecule has 2 N–H and O–H groups in total. The molecule has 0 aromatic heterocycles. The van der Waals surface area contributed by atoms with Gasteiger partial charge in [0.15, 0.2) is 9.84 Å². The molecule has 1 rings (SSSR count). The van der Waals surface area contributed by atoms with Gasteiger partial charge in [0.25, 0.3) is 0 Å². The van der Waals surface area contributed by atoms with Crippen LogP contribution in [0.5, 0.6) is 0 Å². The Labute approximate surface area is 94.9 Å². The first kappa shape index (κ1) is 12.9. The Morgan fingerprint density at radius 2 is 2.25 bits per heavy atom. The first-order chi connectivity index (χ1) is 7.53. The monoisotopic (exact) mass is 245 g/mol. The highest BCUT2D eigenvalue weighted by atomic mass is 32.2. The molecule has 1 unspecified atom stereocenters. The van der Waals surface area contributed by atoms with Gasteiger partial charge in [0, 0.05) is 6.04 Å². The van der Waals surface area contributed by atoms with Crippen LogP contribution >= 0.6 is 0 Å². The van der Waals surface area contributed by atoms with Crippen LogP contribution in [0.2, 0.25) is 0 Å². The third-order valence-corrected chi connectivity index (χ3v) is 4.20. The van der Waals surface area contributed by atoms with Crippen molar-refractivity contribution >= 4 is 15.7 Å². The van der Waals surface area contributed by atoms with Gasteiger partial charge in [-0.15, -0.1) is 0 Å². The van der Waals surface area contributed by atoms with Crippen LogP contribution in [0.4, 0.5) is 0 Å². The lowest BCUT2D eigenvalue weighted by Crippen LogP contribution is -2.44. The number of sulfone groups is 1. The Kier molecular flexibility index (Phi) is 4.71. The molecule has 1 atom stereocenters. The van der Waals surface area contributed by atoms with E-state index in [-0.39, 0.29) is 36.5 Å². The molecular formula is C9H15N3O3S. The van der Waals surface area contributed by atoms with Gasteiger partial charge in [0.2, 0.25) is 5.91 Å². The highest BCUT2D eigenvalue weighted by molar-refractivity contribution is 7.91. The largest absolute Gasteiger partial charge is 0.342 e. The number of hydrogen-bond acceptors (Lipinski definition) is 5. The third-order valence-electron chi connectivity index (χ3n) is 2.38. The second-order valence-electron chi connectivity index (χ2n) is 3.77. The van der Waals surface area contributed by atoms with E-state index in [0.29, 0.717) is 6.42 Å². The Morgan fingerprint density at radius 3 is 2.88 bits per heavy atom. The number of nitrogens with zero attached hydrogens (tertiary/aromatic N) is 1. The van der Waals surface area contributed by atoms with Gasteiger partial charge in [-0.1, -0.05) is 0 Å². The molecule has 0 spiro atoms. The number of hydrogen-bond donors (Lipinski definition) is 2. The van der Waals surface area contributed by atoms with Crippen LogP contribution in [0.3, 0.4) is 0 Å². The third kappa shape index (κ3) is 4.59. The van der Waals surface area contributed by atoms with E-state index in [4.69, 9.17) is 5.26 Å². The van der Waals surface area contributed by atoms with E-state index >= 15 is 0 Å². The molecule has 1 fully saturated rings. The van der Waals surface area contributed by atoms with Crippen molar-refractivity contribution in [2.24, 2.45) is 0 Å². The smallest absolute Gasteiger partial charge is 0.234 e. The molecule has 16 heavy (non-hydrogen) atoms. The number of carbonyl (C=O) groups is 1. The highest BCUT2D eigenvalue weighted by Crippen LogP contribution is 2.11. The summed E-state index contributed by atoms with van der Waals surface area (Å²) in [6, 6.07) is 1.65. The second-order valence-corrected chi connectivity index (χ2v) is 6.00. The van der Waals surface area contributed by atoms with Gasteiger partial charge in [0.1, 0.15) is 6.54 Å². The minimum Gasteiger partial charge on any atom is -0.342 e. The Balaban J connectivity index is 2.28. The molecule has 0 bridgehead atoms. The predicted octanol–water partition coefficient (Wildman–Crippen LogP) is -1.21. The lowest BCUT2D eigenvalue weighted by Gasteiger charge is -2.22. The molecule has 1 aliphatic rings. The Hall–Kier alpha value is -1.13. The van der Waals surface area contributed by atoms with E-state index in [9.17, 15) is 13.2 Å². The minimum absolute atomic E-state index is 0.0243. The molecule has 0 aromatic rings. The summed E-state index contributed by atoms with van der Waals surface area (Å²) in [5, 5.41) is 13.5. The van der Waals surface area contributed by atoms with E-state index in [2.05, 4.69) is 10.6 Å². The molecule has 1 amide bonds. The van der Waals surface area contributed by atoms with Crippen LogP contribution in [0.15, 0.2) is 0 Å². The van der Waals surface area contributed by atoms with Gasteiger partial charge in [-0.05, 0) is 12.8 Å². The van der Waals surface area contributed by atoms with Gasteiger partial charge in [0.05, 0.1) is 24.1 Å². The number of carbonyl (C=O) groups excluding carboxylic acids is 1. The Morgan fingerprint density at radius 1 is 1.50 bits per heavy atom. The van der Waals surface area contributed by atoms with Crippen LogP contribution in [0.1, 0.15) is 12.8 Å². The maximum absolute atomic E-state index is 11.3. The first-order valence-electron chi connectivity index (χ1n) is 5.11. The van der Waals surface area contributed by atoms with Crippen LogP contribution in [-0.2, 0) is 14.6 Å². The molecule has 0 aromatic carbocycles. The standard InChI is InChI=1S/C9H15N3O3S/c10-3-4-11-9(13)6-12-8-2-1-5-16(14,15)7-8/h8,12H,1-2,4-7H2,(H,11,13). The van der Waals surface area contributed by atoms with E-state index in [1.165, 1.54) is 0 Å². The van der Waals surface area contributed by atoms with Crippen molar-refractivity contribution in [2.75, 3.05) is 24.6 Å². The fourth-order valence-corrected chi connectivity index (χ4v) is 3.29. The zero-order valence-electron chi connectivity index (χ0n) is 8.90. The average Bonchev–Trinajstić information content (AvgIpc) is 2.22. The molecule has 1 aliphatic heterocycles. The van der Waals surface area contributed by atoms with Crippen molar-refractivity contribution in [3.63, 3.8) is 0 Å². The van der Waals surface area contributed by atoms with E-state index < -0.39 is 9.84 Å². The van der Waals surface area contributed by atoms with Crippen molar-refractivity contribution < 1.29 is 13.2 Å². The summed E-state index contributed by atoms with van der Waals surface area (Å²) in [6.07, 6.45) is 1.41. The molecule has 0 radical (unpaired) electrons. The summed E-state index contributed by atoms with van der Waals surface area (Å²) >= 11 is 0. The van der Waals surface area contributed by atoms with Crippen LogP contribution in [0.25, 0.3) is 0 Å². The van der Waals surface area contributed by atoms with E-state index in [0.717, 1.165) is 6.42 Å². The zero-order chi connectivity index (χ0) is 12.0.